The SMILES string of the molecule is N[C@@H]1CC[C@@H](Oc2ccc(F)cc2)[C@H](O)[C@H]1N1CCC(F)(F)CC1. The molecule has 0 radical (unpaired) electrons. The van der Waals surface area contributed by atoms with E-state index in [-0.39, 0.29) is 37.8 Å². The third-order valence-corrected chi connectivity index (χ3v) is 5.01. The molecule has 1 aliphatic carbocycles. The van der Waals surface area contributed by atoms with Crippen LogP contribution in [0.25, 0.3) is 0 Å². The van der Waals surface area contributed by atoms with E-state index in [1.54, 1.807) is 0 Å². The molecule has 3 rings (SSSR count). The highest BCUT2D eigenvalue weighted by atomic mass is 19.3. The van der Waals surface area contributed by atoms with E-state index in [9.17, 15) is 18.3 Å². The van der Waals surface area contributed by atoms with Crippen molar-refractivity contribution in [3.05, 3.63) is 30.1 Å². The summed E-state index contributed by atoms with van der Waals surface area (Å²) in [5.41, 5.74) is 6.15. The number of rotatable bonds is 3. The lowest BCUT2D eigenvalue weighted by molar-refractivity contribution is -0.104. The Labute approximate surface area is 139 Å². The zero-order valence-electron chi connectivity index (χ0n) is 13.4. The van der Waals surface area contributed by atoms with Gasteiger partial charge in [0.25, 0.3) is 5.92 Å². The van der Waals surface area contributed by atoms with Crippen LogP contribution in [-0.2, 0) is 0 Å². The molecule has 2 fully saturated rings. The van der Waals surface area contributed by atoms with E-state index in [2.05, 4.69) is 0 Å². The van der Waals surface area contributed by atoms with Crippen LogP contribution in [0, 0.1) is 5.82 Å². The zero-order chi connectivity index (χ0) is 17.3. The van der Waals surface area contributed by atoms with Gasteiger partial charge in [-0.3, -0.25) is 4.90 Å². The normalized spacial score (nSPS) is 34.0. The minimum Gasteiger partial charge on any atom is -0.488 e. The number of hydrogen-bond donors (Lipinski definition) is 2. The molecule has 24 heavy (non-hydrogen) atoms. The van der Waals surface area contributed by atoms with Crippen LogP contribution in [0.3, 0.4) is 0 Å². The van der Waals surface area contributed by atoms with Crippen molar-refractivity contribution in [2.75, 3.05) is 13.1 Å². The lowest BCUT2D eigenvalue weighted by Gasteiger charge is -2.46. The summed E-state index contributed by atoms with van der Waals surface area (Å²) >= 11 is 0. The van der Waals surface area contributed by atoms with Crippen LogP contribution in [-0.4, -0.2) is 53.3 Å². The van der Waals surface area contributed by atoms with Crippen molar-refractivity contribution >= 4 is 0 Å². The molecule has 1 saturated carbocycles. The second-order valence-electron chi connectivity index (χ2n) is 6.72. The number of piperidine rings is 1. The molecule has 3 N–H and O–H groups in total. The van der Waals surface area contributed by atoms with Crippen LogP contribution in [0.1, 0.15) is 25.7 Å². The number of benzene rings is 1. The third-order valence-electron chi connectivity index (χ3n) is 5.01. The molecule has 0 amide bonds. The van der Waals surface area contributed by atoms with Crippen LogP contribution in [0.15, 0.2) is 24.3 Å². The molecule has 2 aliphatic rings. The summed E-state index contributed by atoms with van der Waals surface area (Å²) < 4.78 is 45.5. The highest BCUT2D eigenvalue weighted by Gasteiger charge is 2.44. The Morgan fingerprint density at radius 3 is 2.38 bits per heavy atom. The standard InChI is InChI=1S/C17H23F3N2O2/c18-11-1-3-12(4-2-11)24-14-6-5-13(21)15(16(14)23)22-9-7-17(19,20)8-10-22/h1-4,13-16,23H,5-10,21H2/t13-,14-,15+,16+/m1/s1. The number of halogens is 3. The number of nitrogens with two attached hydrogens (primary N) is 1. The van der Waals surface area contributed by atoms with Gasteiger partial charge in [-0.25, -0.2) is 13.2 Å². The van der Waals surface area contributed by atoms with Crippen molar-refractivity contribution < 1.29 is 23.0 Å². The van der Waals surface area contributed by atoms with Crippen molar-refractivity contribution in [2.24, 2.45) is 5.73 Å². The maximum absolute atomic E-state index is 13.4. The van der Waals surface area contributed by atoms with Gasteiger partial charge in [-0.1, -0.05) is 0 Å². The Morgan fingerprint density at radius 2 is 1.75 bits per heavy atom. The highest BCUT2D eigenvalue weighted by Crippen LogP contribution is 2.33. The Morgan fingerprint density at radius 1 is 1.12 bits per heavy atom. The first-order chi connectivity index (χ1) is 11.4. The first-order valence-electron chi connectivity index (χ1n) is 8.33. The van der Waals surface area contributed by atoms with Crippen LogP contribution < -0.4 is 10.5 Å². The number of nitrogens with zero attached hydrogens (tertiary/aromatic N) is 1. The second-order valence-corrected chi connectivity index (χ2v) is 6.72. The first-order valence-corrected chi connectivity index (χ1v) is 8.33. The lowest BCUT2D eigenvalue weighted by atomic mass is 9.84. The minimum absolute atomic E-state index is 0.214. The smallest absolute Gasteiger partial charge is 0.250 e. The average Bonchev–Trinajstić information content (AvgIpc) is 2.54. The maximum atomic E-state index is 13.4. The maximum Gasteiger partial charge on any atom is 0.250 e. The average molecular weight is 344 g/mol. The first kappa shape index (κ1) is 17.5. The van der Waals surface area contributed by atoms with Crippen LogP contribution >= 0.6 is 0 Å². The summed E-state index contributed by atoms with van der Waals surface area (Å²) in [5, 5.41) is 10.7. The molecular weight excluding hydrogens is 321 g/mol. The van der Waals surface area contributed by atoms with Gasteiger partial charge in [-0.15, -0.1) is 0 Å². The molecular formula is C17H23F3N2O2. The van der Waals surface area contributed by atoms with Gasteiger partial charge in [-0.05, 0) is 37.1 Å². The Balaban J connectivity index is 1.67. The number of ether oxygens (including phenoxy) is 1. The number of likely N-dealkylation sites (tertiary alicyclic amines) is 1. The largest absolute Gasteiger partial charge is 0.488 e. The van der Waals surface area contributed by atoms with E-state index in [1.165, 1.54) is 24.3 Å². The summed E-state index contributed by atoms with van der Waals surface area (Å²) in [7, 11) is 0. The Kier molecular flexibility index (Phi) is 5.03. The molecule has 0 unspecified atom stereocenters. The summed E-state index contributed by atoms with van der Waals surface area (Å²) in [6.07, 6.45) is -0.576. The van der Waals surface area contributed by atoms with Gasteiger partial charge in [0.2, 0.25) is 0 Å². The van der Waals surface area contributed by atoms with Gasteiger partial charge in [0.1, 0.15) is 23.8 Å². The van der Waals surface area contributed by atoms with Crippen molar-refractivity contribution in [3.63, 3.8) is 0 Å². The van der Waals surface area contributed by atoms with E-state index in [0.29, 0.717) is 18.6 Å². The number of aliphatic hydroxyl groups excluding tert-OH is 1. The molecule has 1 saturated heterocycles. The summed E-state index contributed by atoms with van der Waals surface area (Å²) in [5.74, 6) is -2.52. The summed E-state index contributed by atoms with van der Waals surface area (Å²) in [6.45, 7) is 0.428. The Hall–Kier alpha value is -1.31. The fourth-order valence-corrected chi connectivity index (χ4v) is 3.62. The van der Waals surface area contributed by atoms with Crippen LogP contribution in [0.2, 0.25) is 0 Å². The van der Waals surface area contributed by atoms with Gasteiger partial charge < -0.3 is 15.6 Å². The second kappa shape index (κ2) is 6.90. The molecule has 1 heterocycles. The molecule has 1 aliphatic heterocycles. The summed E-state index contributed by atoms with van der Waals surface area (Å²) in [4.78, 5) is 1.85. The van der Waals surface area contributed by atoms with E-state index < -0.39 is 24.2 Å². The minimum atomic E-state index is -2.63. The fraction of sp³-hybridized carbons (Fsp3) is 0.647. The van der Waals surface area contributed by atoms with E-state index >= 15 is 0 Å². The fourth-order valence-electron chi connectivity index (χ4n) is 3.62. The highest BCUT2D eigenvalue weighted by molar-refractivity contribution is 5.22. The molecule has 7 heteroatoms. The predicted molar refractivity (Wildman–Crippen MR) is 83.6 cm³/mol. The van der Waals surface area contributed by atoms with Crippen molar-refractivity contribution in [2.45, 2.75) is 55.9 Å². The topological polar surface area (TPSA) is 58.7 Å². The Bertz CT molecular complexity index is 545. The van der Waals surface area contributed by atoms with Crippen LogP contribution in [0.5, 0.6) is 5.75 Å². The van der Waals surface area contributed by atoms with Gasteiger partial charge in [0.05, 0.1) is 6.04 Å². The molecule has 134 valence electrons. The van der Waals surface area contributed by atoms with Crippen molar-refractivity contribution in [1.82, 2.24) is 4.90 Å². The molecule has 4 nitrogen and oxygen atoms in total. The van der Waals surface area contributed by atoms with E-state index in [4.69, 9.17) is 10.5 Å². The zero-order valence-corrected chi connectivity index (χ0v) is 13.4. The van der Waals surface area contributed by atoms with Gasteiger partial charge >= 0.3 is 0 Å². The van der Waals surface area contributed by atoms with Crippen molar-refractivity contribution in [1.29, 1.82) is 0 Å². The third kappa shape index (κ3) is 3.84. The molecule has 4 atom stereocenters. The molecule has 0 aromatic heterocycles. The summed E-state index contributed by atoms with van der Waals surface area (Å²) in [6, 6.07) is 4.92. The molecule has 1 aromatic rings. The number of aliphatic hydroxyl groups is 1. The van der Waals surface area contributed by atoms with Gasteiger partial charge in [0, 0.05) is 32.0 Å². The van der Waals surface area contributed by atoms with E-state index in [1.807, 2.05) is 4.90 Å². The van der Waals surface area contributed by atoms with Crippen molar-refractivity contribution in [3.8, 4) is 5.75 Å². The lowest BCUT2D eigenvalue weighted by Crippen LogP contribution is -2.63. The number of alkyl halides is 2. The van der Waals surface area contributed by atoms with Crippen LogP contribution in [0.4, 0.5) is 13.2 Å². The molecule has 1 aromatic carbocycles. The van der Waals surface area contributed by atoms with Gasteiger partial charge in [0.15, 0.2) is 0 Å². The predicted octanol–water partition coefficient (Wildman–Crippen LogP) is 2.15. The number of hydrogen-bond acceptors (Lipinski definition) is 4. The molecule has 0 bridgehead atoms. The monoisotopic (exact) mass is 344 g/mol. The van der Waals surface area contributed by atoms with E-state index in [0.717, 1.165) is 0 Å². The van der Waals surface area contributed by atoms with Gasteiger partial charge in [-0.2, -0.15) is 0 Å². The molecule has 0 spiro atoms. The quantitative estimate of drug-likeness (QED) is 0.882.